The van der Waals surface area contributed by atoms with Gasteiger partial charge in [-0.3, -0.25) is 0 Å². The van der Waals surface area contributed by atoms with Gasteiger partial charge in [-0.1, -0.05) is 54.6 Å². The van der Waals surface area contributed by atoms with E-state index in [4.69, 9.17) is 0 Å². The maximum absolute atomic E-state index is 11.6. The molecule has 2 heteroatoms. The molecule has 19 heavy (non-hydrogen) atoms. The van der Waals surface area contributed by atoms with Crippen molar-refractivity contribution < 1.29 is 25.2 Å². The summed E-state index contributed by atoms with van der Waals surface area (Å²) in [5.74, 6) is -0.0669. The van der Waals surface area contributed by atoms with Gasteiger partial charge >= 0.3 is 0 Å². The molecule has 0 spiro atoms. The van der Waals surface area contributed by atoms with Crippen LogP contribution in [0.4, 0.5) is 0 Å². The zero-order chi connectivity index (χ0) is 12.6. The molecule has 1 nitrogen and oxygen atoms in total. The van der Waals surface area contributed by atoms with Gasteiger partial charge < -0.3 is 4.79 Å². The molecule has 0 saturated heterocycles. The fourth-order valence-corrected chi connectivity index (χ4v) is 1.48. The second kappa shape index (κ2) is 8.37. The molecule has 2 aromatic carbocycles. The Balaban J connectivity index is 0.00000180. The first-order chi connectivity index (χ1) is 8.84. The number of rotatable bonds is 4. The third kappa shape index (κ3) is 5.61. The molecule has 0 heterocycles. The molecule has 0 unspecified atom stereocenters. The van der Waals surface area contributed by atoms with Gasteiger partial charge in [0.25, 0.3) is 0 Å². The van der Waals surface area contributed by atoms with Crippen LogP contribution in [0.2, 0.25) is 0 Å². The van der Waals surface area contributed by atoms with Gasteiger partial charge in [0.1, 0.15) is 5.78 Å². The van der Waals surface area contributed by atoms with Crippen molar-refractivity contribution in [2.75, 3.05) is 0 Å². The monoisotopic (exact) mass is 339 g/mol. The summed E-state index contributed by atoms with van der Waals surface area (Å²) in [7, 11) is 0. The summed E-state index contributed by atoms with van der Waals surface area (Å²) in [4.78, 5) is 11.6. The summed E-state index contributed by atoms with van der Waals surface area (Å²) in [6.07, 6.45) is 7.75. The van der Waals surface area contributed by atoms with E-state index < -0.39 is 0 Å². The van der Waals surface area contributed by atoms with Crippen LogP contribution >= 0.6 is 0 Å². The first kappa shape index (κ1) is 15.3. The average molecular weight is 340 g/mol. The van der Waals surface area contributed by atoms with E-state index in [1.54, 1.807) is 12.2 Å². The zero-order valence-electron chi connectivity index (χ0n) is 10.2. The van der Waals surface area contributed by atoms with Crippen LogP contribution in [0.1, 0.15) is 11.1 Å². The van der Waals surface area contributed by atoms with Gasteiger partial charge in [-0.05, 0) is 5.56 Å². The van der Waals surface area contributed by atoms with Crippen LogP contribution in [0.3, 0.4) is 0 Å². The van der Waals surface area contributed by atoms with Crippen LogP contribution in [-0.4, -0.2) is 5.78 Å². The maximum atomic E-state index is 11.6. The summed E-state index contributed by atoms with van der Waals surface area (Å²) < 4.78 is 0. The third-order valence-corrected chi connectivity index (χ3v) is 2.39. The first-order valence-corrected chi connectivity index (χ1v) is 5.76. The number of hydrogen-bond donors (Lipinski definition) is 0. The minimum absolute atomic E-state index is 0. The summed E-state index contributed by atoms with van der Waals surface area (Å²) in [6.45, 7) is 0. The molecule has 0 amide bonds. The Hall–Kier alpha value is -1.75. The molecule has 2 rings (SSSR count). The smallest absolute Gasteiger partial charge is 0.102 e. The number of carbonyl (C=O) groups excluding carboxylic acids is 1. The van der Waals surface area contributed by atoms with E-state index in [1.165, 1.54) is 6.08 Å². The van der Waals surface area contributed by atoms with E-state index in [0.717, 1.165) is 11.1 Å². The molecule has 0 atom stereocenters. The van der Waals surface area contributed by atoms with E-state index in [0.29, 0.717) is 0 Å². The molecule has 0 fully saturated rings. The number of allylic oxidation sites excluding steroid dienone is 2. The number of benzene rings is 2. The molecule has 0 aromatic heterocycles. The van der Waals surface area contributed by atoms with Gasteiger partial charge in [0.15, 0.2) is 0 Å². The molecule has 98 valence electrons. The summed E-state index contributed by atoms with van der Waals surface area (Å²) in [6, 6.07) is 19.3. The Labute approximate surface area is 127 Å². The zero-order valence-corrected chi connectivity index (χ0v) is 11.8. The SMILES string of the molecule is O=C(C=[C-]c1ccccc1)C=Cc1ccccc1.[Pd]. The van der Waals surface area contributed by atoms with E-state index >= 15 is 0 Å². The van der Waals surface area contributed by atoms with Crippen molar-refractivity contribution in [3.8, 4) is 0 Å². The number of carbonyl (C=O) groups is 1. The first-order valence-electron chi connectivity index (χ1n) is 5.76. The van der Waals surface area contributed by atoms with Crippen molar-refractivity contribution in [1.29, 1.82) is 0 Å². The molecule has 0 aliphatic heterocycles. The van der Waals surface area contributed by atoms with E-state index in [2.05, 4.69) is 6.08 Å². The summed E-state index contributed by atoms with van der Waals surface area (Å²) in [5, 5.41) is 0. The van der Waals surface area contributed by atoms with E-state index in [1.807, 2.05) is 60.7 Å². The van der Waals surface area contributed by atoms with Gasteiger partial charge in [-0.15, -0.1) is 35.9 Å². The van der Waals surface area contributed by atoms with Crippen molar-refractivity contribution in [1.82, 2.24) is 0 Å². The van der Waals surface area contributed by atoms with Crippen molar-refractivity contribution in [3.63, 3.8) is 0 Å². The van der Waals surface area contributed by atoms with Crippen molar-refractivity contribution in [3.05, 3.63) is 90.0 Å². The van der Waals surface area contributed by atoms with Gasteiger partial charge in [-0.25, -0.2) is 0 Å². The molecule has 0 N–H and O–H groups in total. The largest absolute Gasteiger partial charge is 0.347 e. The molecule has 0 aliphatic rings. The predicted molar refractivity (Wildman–Crippen MR) is 73.8 cm³/mol. The summed E-state index contributed by atoms with van der Waals surface area (Å²) >= 11 is 0. The van der Waals surface area contributed by atoms with E-state index in [-0.39, 0.29) is 26.2 Å². The minimum atomic E-state index is -0.0669. The topological polar surface area (TPSA) is 17.1 Å². The standard InChI is InChI=1S/C17H13O.Pd/c18-17(13-11-15-7-3-1-4-8-15)14-12-16-9-5-2-6-10-16;/h1-11,13-14H;/q-1;. The van der Waals surface area contributed by atoms with Gasteiger partial charge in [0.2, 0.25) is 0 Å². The van der Waals surface area contributed by atoms with Crippen LogP contribution in [0.15, 0.2) is 72.8 Å². The molecule has 0 saturated carbocycles. The van der Waals surface area contributed by atoms with Crippen molar-refractivity contribution in [2.24, 2.45) is 0 Å². The minimum Gasteiger partial charge on any atom is -0.347 e. The molecule has 0 bridgehead atoms. The van der Waals surface area contributed by atoms with Crippen LogP contribution in [0.25, 0.3) is 6.08 Å². The van der Waals surface area contributed by atoms with Gasteiger partial charge in [-0.2, -0.15) is 0 Å². The molecule has 2 aromatic rings. The molecular weight excluding hydrogens is 327 g/mol. The van der Waals surface area contributed by atoms with Crippen LogP contribution in [0, 0.1) is 6.08 Å². The second-order valence-corrected chi connectivity index (χ2v) is 3.80. The fourth-order valence-electron chi connectivity index (χ4n) is 1.48. The van der Waals surface area contributed by atoms with Crippen molar-refractivity contribution >= 4 is 11.9 Å². The summed E-state index contributed by atoms with van der Waals surface area (Å²) in [5.41, 5.74) is 1.91. The van der Waals surface area contributed by atoms with Crippen LogP contribution in [-0.2, 0) is 25.2 Å². The normalized spacial score (nSPS) is 10.5. The number of hydrogen-bond acceptors (Lipinski definition) is 1. The Bertz CT molecular complexity index is 505. The van der Waals surface area contributed by atoms with Gasteiger partial charge in [0.05, 0.1) is 0 Å². The predicted octanol–water partition coefficient (Wildman–Crippen LogP) is 3.67. The fraction of sp³-hybridized carbons (Fsp3) is 0. The quantitative estimate of drug-likeness (QED) is 0.472. The molecule has 0 aliphatic carbocycles. The third-order valence-electron chi connectivity index (χ3n) is 2.39. The van der Waals surface area contributed by atoms with Crippen LogP contribution in [0.5, 0.6) is 0 Å². The molecular formula is C17H13OPd-. The maximum Gasteiger partial charge on any atom is 0.102 e. The van der Waals surface area contributed by atoms with Crippen molar-refractivity contribution in [2.45, 2.75) is 0 Å². The van der Waals surface area contributed by atoms with E-state index in [9.17, 15) is 4.79 Å². The Morgan fingerprint density at radius 2 is 1.47 bits per heavy atom. The Morgan fingerprint density at radius 1 is 0.895 bits per heavy atom. The second-order valence-electron chi connectivity index (χ2n) is 3.80. The van der Waals surface area contributed by atoms with Gasteiger partial charge in [0, 0.05) is 20.4 Å². The Kier molecular flexibility index (Phi) is 6.75. The number of ketones is 1. The Morgan fingerprint density at radius 3 is 2.11 bits per heavy atom. The molecule has 0 radical (unpaired) electrons. The average Bonchev–Trinajstić information content (AvgIpc) is 2.45. The van der Waals surface area contributed by atoms with Crippen LogP contribution < -0.4 is 0 Å².